The Morgan fingerprint density at radius 2 is 2.14 bits per heavy atom. The average molecular weight is 349 g/mol. The highest BCUT2D eigenvalue weighted by Crippen LogP contribution is 2.22. The molecule has 22 heavy (non-hydrogen) atoms. The Morgan fingerprint density at radius 1 is 1.36 bits per heavy atom. The number of amides is 1. The monoisotopic (exact) mass is 348 g/mol. The third-order valence-corrected chi connectivity index (χ3v) is 4.42. The molecule has 0 aliphatic carbocycles. The number of carbonyl (C=O) groups excluding carboxylic acids is 1. The molecule has 2 atom stereocenters. The van der Waals surface area contributed by atoms with Crippen LogP contribution in [-0.2, 0) is 4.79 Å². The second-order valence-electron chi connectivity index (χ2n) is 5.63. The van der Waals surface area contributed by atoms with Crippen LogP contribution in [0.2, 0.25) is 5.02 Å². The van der Waals surface area contributed by atoms with Crippen molar-refractivity contribution in [2.75, 3.05) is 19.7 Å². The summed E-state index contributed by atoms with van der Waals surface area (Å²) in [4.78, 5) is 14.1. The van der Waals surface area contributed by atoms with Crippen molar-refractivity contribution in [2.45, 2.75) is 31.3 Å². The lowest BCUT2D eigenvalue weighted by molar-refractivity contribution is -0.133. The van der Waals surface area contributed by atoms with E-state index < -0.39 is 5.82 Å². The van der Waals surface area contributed by atoms with Gasteiger partial charge in [-0.1, -0.05) is 11.6 Å². The summed E-state index contributed by atoms with van der Waals surface area (Å²) in [6.45, 7) is 1.46. The number of benzene rings is 1. The predicted molar refractivity (Wildman–Crippen MR) is 85.3 cm³/mol. The molecule has 7 heteroatoms. The molecule has 0 radical (unpaired) electrons. The van der Waals surface area contributed by atoms with Gasteiger partial charge in [0.15, 0.2) is 6.61 Å². The molecule has 122 valence electrons. The first-order valence-electron chi connectivity index (χ1n) is 7.23. The summed E-state index contributed by atoms with van der Waals surface area (Å²) < 4.78 is 18.5. The highest BCUT2D eigenvalue weighted by atomic mass is 35.5. The number of halogens is 3. The largest absolute Gasteiger partial charge is 0.484 e. The van der Waals surface area contributed by atoms with Crippen LogP contribution in [0.1, 0.15) is 19.3 Å². The number of nitrogens with one attached hydrogen (secondary N) is 1. The zero-order valence-corrected chi connectivity index (χ0v) is 13.6. The molecule has 2 aliphatic heterocycles. The van der Waals surface area contributed by atoms with E-state index in [-0.39, 0.29) is 29.9 Å². The maximum atomic E-state index is 13.1. The lowest BCUT2D eigenvalue weighted by atomic mass is 10.1. The molecule has 1 amide bonds. The fraction of sp³-hybridized carbons (Fsp3) is 0.533. The van der Waals surface area contributed by atoms with Crippen LogP contribution in [0.4, 0.5) is 4.39 Å². The van der Waals surface area contributed by atoms with E-state index in [9.17, 15) is 9.18 Å². The lowest BCUT2D eigenvalue weighted by Crippen LogP contribution is -2.41. The van der Waals surface area contributed by atoms with Crippen LogP contribution in [0.25, 0.3) is 0 Å². The minimum absolute atomic E-state index is 0. The van der Waals surface area contributed by atoms with Gasteiger partial charge in [-0.15, -0.1) is 12.4 Å². The fourth-order valence-corrected chi connectivity index (χ4v) is 3.14. The number of likely N-dealkylation sites (tertiary alicyclic amines) is 1. The van der Waals surface area contributed by atoms with Crippen LogP contribution in [-0.4, -0.2) is 42.6 Å². The molecule has 2 unspecified atom stereocenters. The van der Waals surface area contributed by atoms with Gasteiger partial charge >= 0.3 is 0 Å². The number of nitrogens with zero attached hydrogens (tertiary/aromatic N) is 1. The van der Waals surface area contributed by atoms with Crippen molar-refractivity contribution in [1.29, 1.82) is 0 Å². The first-order chi connectivity index (χ1) is 10.1. The van der Waals surface area contributed by atoms with E-state index in [1.165, 1.54) is 24.6 Å². The number of hydrogen-bond acceptors (Lipinski definition) is 3. The Kier molecular flexibility index (Phi) is 5.89. The van der Waals surface area contributed by atoms with E-state index in [0.29, 0.717) is 17.8 Å². The van der Waals surface area contributed by atoms with E-state index in [4.69, 9.17) is 16.3 Å². The van der Waals surface area contributed by atoms with E-state index in [2.05, 4.69) is 5.32 Å². The van der Waals surface area contributed by atoms with Crippen LogP contribution >= 0.6 is 24.0 Å². The highest BCUT2D eigenvalue weighted by Gasteiger charge is 2.31. The van der Waals surface area contributed by atoms with Gasteiger partial charge in [0, 0.05) is 31.2 Å². The van der Waals surface area contributed by atoms with Crippen molar-refractivity contribution in [3.8, 4) is 5.75 Å². The van der Waals surface area contributed by atoms with Crippen LogP contribution < -0.4 is 10.1 Å². The van der Waals surface area contributed by atoms with Gasteiger partial charge in [0.1, 0.15) is 11.6 Å². The van der Waals surface area contributed by atoms with Crippen LogP contribution in [0, 0.1) is 5.82 Å². The number of fused-ring (bicyclic) bond motifs is 2. The zero-order chi connectivity index (χ0) is 14.8. The van der Waals surface area contributed by atoms with Crippen LogP contribution in [0.5, 0.6) is 5.75 Å². The molecule has 0 spiro atoms. The van der Waals surface area contributed by atoms with Gasteiger partial charge < -0.3 is 15.0 Å². The van der Waals surface area contributed by atoms with Crippen LogP contribution in [0.3, 0.4) is 0 Å². The van der Waals surface area contributed by atoms with Crippen molar-refractivity contribution in [3.63, 3.8) is 0 Å². The molecule has 1 aromatic carbocycles. The Hall–Kier alpha value is -1.04. The number of rotatable bonds is 3. The van der Waals surface area contributed by atoms with Crippen molar-refractivity contribution in [3.05, 3.63) is 29.0 Å². The molecular formula is C15H19Cl2FN2O2. The van der Waals surface area contributed by atoms with Crippen molar-refractivity contribution in [1.82, 2.24) is 10.2 Å². The Labute approximate surface area is 140 Å². The van der Waals surface area contributed by atoms with Crippen LogP contribution in [0.15, 0.2) is 18.2 Å². The quantitative estimate of drug-likeness (QED) is 0.912. The normalized spacial score (nSPS) is 23.6. The molecule has 2 heterocycles. The molecule has 2 aliphatic rings. The van der Waals surface area contributed by atoms with Gasteiger partial charge in [-0.3, -0.25) is 4.79 Å². The molecule has 0 aromatic heterocycles. The zero-order valence-electron chi connectivity index (χ0n) is 12.1. The predicted octanol–water partition coefficient (Wildman–Crippen LogP) is 2.63. The van der Waals surface area contributed by atoms with E-state index >= 15 is 0 Å². The van der Waals surface area contributed by atoms with Crippen molar-refractivity contribution >= 4 is 29.9 Å². The summed E-state index contributed by atoms with van der Waals surface area (Å²) in [5.41, 5.74) is 0. The van der Waals surface area contributed by atoms with Crippen molar-refractivity contribution < 1.29 is 13.9 Å². The second-order valence-corrected chi connectivity index (χ2v) is 6.04. The fourth-order valence-electron chi connectivity index (χ4n) is 2.97. The minimum atomic E-state index is -0.495. The highest BCUT2D eigenvalue weighted by molar-refractivity contribution is 6.30. The maximum absolute atomic E-state index is 13.1. The summed E-state index contributed by atoms with van der Waals surface area (Å²) in [7, 11) is 0. The van der Waals surface area contributed by atoms with E-state index in [0.717, 1.165) is 25.9 Å². The number of hydrogen-bond donors (Lipinski definition) is 1. The minimum Gasteiger partial charge on any atom is -0.484 e. The Balaban J connectivity index is 0.00000176. The second kappa shape index (κ2) is 7.49. The van der Waals surface area contributed by atoms with Crippen molar-refractivity contribution in [2.24, 2.45) is 0 Å². The number of ether oxygens (including phenoxy) is 1. The molecule has 1 N–H and O–H groups in total. The Bertz CT molecular complexity index is 544. The van der Waals surface area contributed by atoms with Gasteiger partial charge in [0.05, 0.1) is 5.02 Å². The molecule has 2 fully saturated rings. The maximum Gasteiger partial charge on any atom is 0.260 e. The van der Waals surface area contributed by atoms with Gasteiger partial charge in [-0.05, 0) is 31.4 Å². The third kappa shape index (κ3) is 4.03. The van der Waals surface area contributed by atoms with Gasteiger partial charge in [0.25, 0.3) is 5.91 Å². The summed E-state index contributed by atoms with van der Waals surface area (Å²) in [6, 6.07) is 5.04. The average Bonchev–Trinajstić information content (AvgIpc) is 2.79. The lowest BCUT2D eigenvalue weighted by Gasteiger charge is -2.24. The standard InChI is InChI=1S/C15H18ClFN2O2.ClH/c16-13-7-12(3-4-14(13)17)21-9-15(20)19-6-5-10-1-2-11(8-19)18-10;/h3-4,7,10-11,18H,1-2,5-6,8-9H2;1H. The summed E-state index contributed by atoms with van der Waals surface area (Å²) in [5.74, 6) is -0.126. The third-order valence-electron chi connectivity index (χ3n) is 4.13. The van der Waals surface area contributed by atoms with E-state index in [1.807, 2.05) is 4.90 Å². The van der Waals surface area contributed by atoms with Gasteiger partial charge in [0.2, 0.25) is 0 Å². The molecule has 0 saturated carbocycles. The molecule has 2 bridgehead atoms. The summed E-state index contributed by atoms with van der Waals surface area (Å²) in [5, 5.41) is 3.53. The van der Waals surface area contributed by atoms with E-state index in [1.54, 1.807) is 0 Å². The van der Waals surface area contributed by atoms with Gasteiger partial charge in [-0.2, -0.15) is 0 Å². The summed E-state index contributed by atoms with van der Waals surface area (Å²) >= 11 is 5.68. The smallest absolute Gasteiger partial charge is 0.260 e. The summed E-state index contributed by atoms with van der Waals surface area (Å²) in [6.07, 6.45) is 3.32. The first-order valence-corrected chi connectivity index (χ1v) is 7.61. The molecule has 1 aromatic rings. The van der Waals surface area contributed by atoms with Gasteiger partial charge in [-0.25, -0.2) is 4.39 Å². The molecular weight excluding hydrogens is 330 g/mol. The molecule has 4 nitrogen and oxygen atoms in total. The molecule has 2 saturated heterocycles. The first kappa shape index (κ1) is 17.3. The molecule has 3 rings (SSSR count). The topological polar surface area (TPSA) is 41.6 Å². The number of carbonyl (C=O) groups is 1. The SMILES string of the molecule is Cl.O=C(COc1ccc(F)c(Cl)c1)N1CCC2CCC(C1)N2. The Morgan fingerprint density at radius 3 is 2.91 bits per heavy atom.